The van der Waals surface area contributed by atoms with Gasteiger partial charge in [-0.15, -0.1) is 0 Å². The quantitative estimate of drug-likeness (QED) is 0.170. The van der Waals surface area contributed by atoms with E-state index in [1.165, 1.54) is 87.6 Å². The number of para-hydroxylation sites is 1. The van der Waals surface area contributed by atoms with Crippen molar-refractivity contribution in [3.05, 3.63) is 194 Å². The van der Waals surface area contributed by atoms with Gasteiger partial charge in [-0.2, -0.15) is 0 Å². The molecule has 246 valence electrons. The summed E-state index contributed by atoms with van der Waals surface area (Å²) in [6.07, 6.45) is 0. The first-order valence-corrected chi connectivity index (χ1v) is 18.3. The lowest BCUT2D eigenvalue weighted by atomic mass is 9.83. The van der Waals surface area contributed by atoms with E-state index in [0.29, 0.717) is 0 Å². The van der Waals surface area contributed by atoms with E-state index in [-0.39, 0.29) is 0 Å². The number of rotatable bonds is 4. The molecule has 1 aromatic heterocycles. The van der Waals surface area contributed by atoms with Crippen LogP contribution < -0.4 is 0 Å². The van der Waals surface area contributed by atoms with E-state index in [1.54, 1.807) is 0 Å². The van der Waals surface area contributed by atoms with E-state index in [0.717, 1.165) is 21.9 Å². The summed E-state index contributed by atoms with van der Waals surface area (Å²) >= 11 is 0. The molecule has 1 nitrogen and oxygen atoms in total. The zero-order valence-electron chi connectivity index (χ0n) is 28.9. The highest BCUT2D eigenvalue weighted by atomic mass is 16.3. The minimum atomic E-state index is 0.914. The van der Waals surface area contributed by atoms with Crippen molar-refractivity contribution in [2.24, 2.45) is 0 Å². The molecule has 0 atom stereocenters. The van der Waals surface area contributed by atoms with E-state index in [4.69, 9.17) is 4.42 Å². The maximum atomic E-state index is 6.17. The molecule has 11 aromatic rings. The van der Waals surface area contributed by atoms with E-state index in [1.807, 2.05) is 12.1 Å². The monoisotopic (exact) mass is 672 g/mol. The van der Waals surface area contributed by atoms with E-state index >= 15 is 0 Å². The summed E-state index contributed by atoms with van der Waals surface area (Å²) in [6, 6.07) is 70.6. The fraction of sp³-hybridized carbons (Fsp3) is 0. The van der Waals surface area contributed by atoms with Crippen LogP contribution in [0.5, 0.6) is 0 Å². The van der Waals surface area contributed by atoms with Crippen LogP contribution >= 0.6 is 0 Å². The van der Waals surface area contributed by atoms with Crippen LogP contribution in [0.4, 0.5) is 0 Å². The van der Waals surface area contributed by atoms with Crippen molar-refractivity contribution in [3.8, 4) is 44.5 Å². The molecule has 0 aliphatic carbocycles. The Hall–Kier alpha value is -6.96. The molecular weight excluding hydrogens is 641 g/mol. The molecule has 0 saturated heterocycles. The van der Waals surface area contributed by atoms with Crippen LogP contribution in [0.1, 0.15) is 0 Å². The lowest BCUT2D eigenvalue weighted by Crippen LogP contribution is -1.92. The molecule has 1 heteroatoms. The average molecular weight is 673 g/mol. The Labute approximate surface area is 307 Å². The SMILES string of the molecule is c1ccc2c(-c3ccc(-c4c5ccccc5c(-c5ccc(-c6ccc7oc8ccccc8c7c6)c6ccccc56)c5ccccc45)cc3)cccc2c1. The molecule has 0 aliphatic rings. The van der Waals surface area contributed by atoms with E-state index in [9.17, 15) is 0 Å². The summed E-state index contributed by atoms with van der Waals surface area (Å²) in [6.45, 7) is 0. The van der Waals surface area contributed by atoms with Crippen molar-refractivity contribution in [1.82, 2.24) is 0 Å². The van der Waals surface area contributed by atoms with Gasteiger partial charge in [0.15, 0.2) is 0 Å². The first-order chi connectivity index (χ1) is 26.3. The molecule has 0 unspecified atom stereocenters. The highest BCUT2D eigenvalue weighted by molar-refractivity contribution is 6.24. The Morgan fingerprint density at radius 2 is 0.717 bits per heavy atom. The van der Waals surface area contributed by atoms with Crippen molar-refractivity contribution in [3.63, 3.8) is 0 Å². The lowest BCUT2D eigenvalue weighted by molar-refractivity contribution is 0.669. The zero-order chi connectivity index (χ0) is 34.9. The Bertz CT molecular complexity index is 3150. The smallest absolute Gasteiger partial charge is 0.135 e. The van der Waals surface area contributed by atoms with Crippen LogP contribution in [0.15, 0.2) is 199 Å². The maximum Gasteiger partial charge on any atom is 0.135 e. The van der Waals surface area contributed by atoms with Crippen LogP contribution in [0.2, 0.25) is 0 Å². The topological polar surface area (TPSA) is 13.1 Å². The van der Waals surface area contributed by atoms with Crippen molar-refractivity contribution < 1.29 is 4.42 Å². The van der Waals surface area contributed by atoms with Gasteiger partial charge >= 0.3 is 0 Å². The lowest BCUT2D eigenvalue weighted by Gasteiger charge is -2.20. The highest BCUT2D eigenvalue weighted by Crippen LogP contribution is 2.47. The molecule has 0 N–H and O–H groups in total. The van der Waals surface area contributed by atoms with Crippen molar-refractivity contribution in [2.75, 3.05) is 0 Å². The van der Waals surface area contributed by atoms with Gasteiger partial charge in [-0.25, -0.2) is 0 Å². The van der Waals surface area contributed by atoms with Crippen LogP contribution in [0, 0.1) is 0 Å². The molecule has 0 fully saturated rings. The average Bonchev–Trinajstić information content (AvgIpc) is 3.60. The third kappa shape index (κ3) is 4.64. The second-order valence-electron chi connectivity index (χ2n) is 14.0. The largest absolute Gasteiger partial charge is 0.456 e. The van der Waals surface area contributed by atoms with Crippen molar-refractivity contribution in [2.45, 2.75) is 0 Å². The van der Waals surface area contributed by atoms with Gasteiger partial charge < -0.3 is 4.42 Å². The Kier molecular flexibility index (Phi) is 6.62. The second-order valence-corrected chi connectivity index (χ2v) is 14.0. The Morgan fingerprint density at radius 3 is 1.43 bits per heavy atom. The van der Waals surface area contributed by atoms with Crippen LogP contribution in [0.3, 0.4) is 0 Å². The molecule has 11 rings (SSSR count). The standard InChI is InChI=1S/C52H32O/c1-2-14-37-33(12-1)13-11-22-38(37)34-24-26-35(27-25-34)51-43-18-5-7-20-45(43)52(46-21-8-6-19-44(46)51)47-30-29-39(40-15-3-4-16-41(40)47)36-28-31-50-48(32-36)42-17-9-10-23-49(42)53-50/h1-32H. The van der Waals surface area contributed by atoms with Gasteiger partial charge in [0.05, 0.1) is 0 Å². The number of benzene rings is 10. The predicted octanol–water partition coefficient (Wildman–Crippen LogP) is 14.9. The molecule has 0 spiro atoms. The first kappa shape index (κ1) is 29.7. The molecule has 10 aromatic carbocycles. The van der Waals surface area contributed by atoms with Crippen LogP contribution in [-0.4, -0.2) is 0 Å². The van der Waals surface area contributed by atoms with Gasteiger partial charge in [0.2, 0.25) is 0 Å². The summed E-state index contributed by atoms with van der Waals surface area (Å²) in [5, 5.41) is 12.3. The minimum absolute atomic E-state index is 0.914. The molecule has 0 aliphatic heterocycles. The van der Waals surface area contributed by atoms with Crippen LogP contribution in [-0.2, 0) is 0 Å². The van der Waals surface area contributed by atoms with Gasteiger partial charge in [0.1, 0.15) is 11.2 Å². The molecule has 53 heavy (non-hydrogen) atoms. The summed E-state index contributed by atoms with van der Waals surface area (Å²) in [4.78, 5) is 0. The zero-order valence-corrected chi connectivity index (χ0v) is 28.9. The molecule has 1 heterocycles. The third-order valence-corrected chi connectivity index (χ3v) is 11.1. The van der Waals surface area contributed by atoms with Gasteiger partial charge in [0, 0.05) is 10.8 Å². The fourth-order valence-electron chi connectivity index (χ4n) is 8.69. The molecule has 0 bridgehead atoms. The van der Waals surface area contributed by atoms with E-state index in [2.05, 4.69) is 182 Å². The fourth-order valence-corrected chi connectivity index (χ4v) is 8.69. The molecule has 0 radical (unpaired) electrons. The Morgan fingerprint density at radius 1 is 0.245 bits per heavy atom. The van der Waals surface area contributed by atoms with E-state index < -0.39 is 0 Å². The van der Waals surface area contributed by atoms with Gasteiger partial charge in [-0.1, -0.05) is 176 Å². The summed E-state index contributed by atoms with van der Waals surface area (Å²) in [5.74, 6) is 0. The summed E-state index contributed by atoms with van der Waals surface area (Å²) < 4.78 is 6.17. The second kappa shape index (κ2) is 11.8. The number of hydrogen-bond donors (Lipinski definition) is 0. The number of hydrogen-bond acceptors (Lipinski definition) is 1. The van der Waals surface area contributed by atoms with Crippen molar-refractivity contribution >= 4 is 65.0 Å². The summed E-state index contributed by atoms with van der Waals surface area (Å²) in [5.41, 5.74) is 11.7. The van der Waals surface area contributed by atoms with Gasteiger partial charge in [0.25, 0.3) is 0 Å². The predicted molar refractivity (Wildman–Crippen MR) is 225 cm³/mol. The Balaban J connectivity index is 1.11. The first-order valence-electron chi connectivity index (χ1n) is 18.3. The maximum absolute atomic E-state index is 6.17. The van der Waals surface area contributed by atoms with Gasteiger partial charge in [-0.3, -0.25) is 0 Å². The van der Waals surface area contributed by atoms with Crippen molar-refractivity contribution in [1.29, 1.82) is 0 Å². The normalized spacial score (nSPS) is 11.8. The summed E-state index contributed by atoms with van der Waals surface area (Å²) in [7, 11) is 0. The number of fused-ring (bicyclic) bond motifs is 7. The molecule has 0 saturated carbocycles. The number of furan rings is 1. The van der Waals surface area contributed by atoms with Gasteiger partial charge in [-0.05, 0) is 106 Å². The molecular formula is C52H32O. The minimum Gasteiger partial charge on any atom is -0.456 e. The molecule has 0 amide bonds. The van der Waals surface area contributed by atoms with Crippen LogP contribution in [0.25, 0.3) is 110 Å². The highest BCUT2D eigenvalue weighted by Gasteiger charge is 2.19. The third-order valence-electron chi connectivity index (χ3n) is 11.1.